The molecule has 0 aliphatic rings. The van der Waals surface area contributed by atoms with Gasteiger partial charge >= 0.3 is 0 Å². The number of carbonyl (C=O) groups is 1. The van der Waals surface area contributed by atoms with Crippen LogP contribution < -0.4 is 5.32 Å². The van der Waals surface area contributed by atoms with Crippen LogP contribution in [0.15, 0.2) is 42.7 Å². The van der Waals surface area contributed by atoms with E-state index in [1.54, 1.807) is 30.6 Å². The molecule has 0 fully saturated rings. The molecule has 1 N–H and O–H groups in total. The second kappa shape index (κ2) is 5.85. The average Bonchev–Trinajstić information content (AvgIpc) is 2.37. The van der Waals surface area contributed by atoms with E-state index in [1.807, 2.05) is 12.1 Å². The van der Waals surface area contributed by atoms with Crippen molar-refractivity contribution in [2.45, 2.75) is 6.54 Å². The fraction of sp³-hybridized carbons (Fsp3) is 0.0769. The van der Waals surface area contributed by atoms with E-state index in [0.29, 0.717) is 22.2 Å². The number of nitrogens with one attached hydrogen (secondary N) is 1. The van der Waals surface area contributed by atoms with Gasteiger partial charge in [0.15, 0.2) is 0 Å². The summed E-state index contributed by atoms with van der Waals surface area (Å²) in [6.07, 6.45) is 3.38. The zero-order valence-electron chi connectivity index (χ0n) is 9.36. The lowest BCUT2D eigenvalue weighted by Gasteiger charge is -2.06. The lowest BCUT2D eigenvalue weighted by Crippen LogP contribution is -2.23. The van der Waals surface area contributed by atoms with Gasteiger partial charge in [-0.15, -0.1) is 0 Å². The number of rotatable bonds is 3. The molecule has 3 nitrogen and oxygen atoms in total. The van der Waals surface area contributed by atoms with Gasteiger partial charge in [0.05, 0.1) is 10.6 Å². The molecule has 1 aromatic heterocycles. The first-order valence-corrected chi connectivity index (χ1v) is 6.04. The number of hydrogen-bond donors (Lipinski definition) is 1. The second-order valence-corrected chi connectivity index (χ2v) is 4.51. The van der Waals surface area contributed by atoms with E-state index in [0.717, 1.165) is 5.56 Å². The van der Waals surface area contributed by atoms with Crippen LogP contribution in [-0.2, 0) is 6.54 Å². The summed E-state index contributed by atoms with van der Waals surface area (Å²) in [5, 5.41) is 3.61. The van der Waals surface area contributed by atoms with Crippen LogP contribution >= 0.6 is 23.2 Å². The van der Waals surface area contributed by atoms with Crippen molar-refractivity contribution in [1.29, 1.82) is 0 Å². The van der Waals surface area contributed by atoms with Gasteiger partial charge in [0.2, 0.25) is 0 Å². The van der Waals surface area contributed by atoms with Crippen LogP contribution in [0.5, 0.6) is 0 Å². The van der Waals surface area contributed by atoms with Gasteiger partial charge in [-0.2, -0.15) is 0 Å². The number of benzene rings is 1. The van der Waals surface area contributed by atoms with Crippen molar-refractivity contribution < 1.29 is 4.79 Å². The summed E-state index contributed by atoms with van der Waals surface area (Å²) in [6, 6.07) is 8.48. The maximum absolute atomic E-state index is 11.9. The fourth-order valence-corrected chi connectivity index (χ4v) is 1.95. The topological polar surface area (TPSA) is 42.0 Å². The standard InChI is InChI=1S/C13H10Cl2N2O/c14-10-3-4-11(12(15)6-10)13(18)17-8-9-2-1-5-16-7-9/h1-7H,8H2,(H,17,18). The Kier molecular flexibility index (Phi) is 4.18. The van der Waals surface area contributed by atoms with Crippen molar-refractivity contribution in [1.82, 2.24) is 10.3 Å². The Labute approximate surface area is 115 Å². The third-order valence-electron chi connectivity index (χ3n) is 2.35. The van der Waals surface area contributed by atoms with E-state index in [9.17, 15) is 4.79 Å². The third kappa shape index (κ3) is 3.22. The van der Waals surface area contributed by atoms with Crippen LogP contribution in [0.2, 0.25) is 10.0 Å². The smallest absolute Gasteiger partial charge is 0.253 e. The molecule has 1 aromatic carbocycles. The molecule has 1 amide bonds. The number of amides is 1. The van der Waals surface area contributed by atoms with Gasteiger partial charge in [-0.1, -0.05) is 29.3 Å². The van der Waals surface area contributed by atoms with Crippen molar-refractivity contribution in [3.63, 3.8) is 0 Å². The first-order chi connectivity index (χ1) is 8.66. The number of hydrogen-bond acceptors (Lipinski definition) is 2. The van der Waals surface area contributed by atoms with Gasteiger partial charge in [-0.3, -0.25) is 9.78 Å². The largest absolute Gasteiger partial charge is 0.348 e. The van der Waals surface area contributed by atoms with Crippen LogP contribution in [0, 0.1) is 0 Å². The summed E-state index contributed by atoms with van der Waals surface area (Å²) in [5.74, 6) is -0.236. The van der Waals surface area contributed by atoms with Crippen molar-refractivity contribution in [2.24, 2.45) is 0 Å². The zero-order chi connectivity index (χ0) is 13.0. The number of carbonyl (C=O) groups excluding carboxylic acids is 1. The highest BCUT2D eigenvalue weighted by Crippen LogP contribution is 2.20. The molecule has 2 aromatic rings. The van der Waals surface area contributed by atoms with Crippen molar-refractivity contribution in [2.75, 3.05) is 0 Å². The quantitative estimate of drug-likeness (QED) is 0.937. The van der Waals surface area contributed by atoms with Gasteiger partial charge in [0.25, 0.3) is 5.91 Å². The number of aromatic nitrogens is 1. The highest BCUT2D eigenvalue weighted by molar-refractivity contribution is 6.36. The van der Waals surface area contributed by atoms with E-state index in [4.69, 9.17) is 23.2 Å². The molecule has 1 heterocycles. The van der Waals surface area contributed by atoms with E-state index in [2.05, 4.69) is 10.3 Å². The summed E-state index contributed by atoms with van der Waals surface area (Å²) < 4.78 is 0. The molecular weight excluding hydrogens is 271 g/mol. The molecule has 5 heteroatoms. The van der Waals surface area contributed by atoms with Gasteiger partial charge in [-0.05, 0) is 29.8 Å². The van der Waals surface area contributed by atoms with E-state index in [1.165, 1.54) is 0 Å². The Morgan fingerprint density at radius 2 is 2.11 bits per heavy atom. The maximum atomic E-state index is 11.9. The van der Waals surface area contributed by atoms with Gasteiger partial charge in [-0.25, -0.2) is 0 Å². The third-order valence-corrected chi connectivity index (χ3v) is 2.90. The van der Waals surface area contributed by atoms with Crippen molar-refractivity contribution in [3.8, 4) is 0 Å². The molecule has 0 bridgehead atoms. The number of nitrogens with zero attached hydrogens (tertiary/aromatic N) is 1. The predicted octanol–water partition coefficient (Wildman–Crippen LogP) is 3.32. The summed E-state index contributed by atoms with van der Waals surface area (Å²) in [6.45, 7) is 0.408. The SMILES string of the molecule is O=C(NCc1cccnc1)c1ccc(Cl)cc1Cl. The molecule has 0 saturated heterocycles. The maximum Gasteiger partial charge on any atom is 0.253 e. The molecule has 0 atom stereocenters. The minimum atomic E-state index is -0.236. The van der Waals surface area contributed by atoms with Crippen molar-refractivity contribution in [3.05, 3.63) is 63.9 Å². The fourth-order valence-electron chi connectivity index (χ4n) is 1.45. The molecule has 18 heavy (non-hydrogen) atoms. The second-order valence-electron chi connectivity index (χ2n) is 3.67. The Hall–Kier alpha value is -1.58. The number of pyridine rings is 1. The Morgan fingerprint density at radius 1 is 1.28 bits per heavy atom. The zero-order valence-corrected chi connectivity index (χ0v) is 10.9. The predicted molar refractivity (Wildman–Crippen MR) is 71.9 cm³/mol. The van der Waals surface area contributed by atoms with E-state index >= 15 is 0 Å². The highest BCUT2D eigenvalue weighted by Gasteiger charge is 2.10. The monoisotopic (exact) mass is 280 g/mol. The molecule has 2 rings (SSSR count). The molecular formula is C13H10Cl2N2O. The molecule has 0 spiro atoms. The van der Waals surface area contributed by atoms with E-state index in [-0.39, 0.29) is 5.91 Å². The van der Waals surface area contributed by atoms with Gasteiger partial charge in [0.1, 0.15) is 0 Å². The normalized spacial score (nSPS) is 10.1. The summed E-state index contributed by atoms with van der Waals surface area (Å²) in [4.78, 5) is 15.9. The molecule has 0 aliphatic carbocycles. The van der Waals surface area contributed by atoms with Crippen LogP contribution in [0.3, 0.4) is 0 Å². The van der Waals surface area contributed by atoms with Crippen LogP contribution in [0.1, 0.15) is 15.9 Å². The first-order valence-electron chi connectivity index (χ1n) is 5.29. The molecule has 0 radical (unpaired) electrons. The van der Waals surface area contributed by atoms with Crippen LogP contribution in [0.25, 0.3) is 0 Å². The van der Waals surface area contributed by atoms with Crippen LogP contribution in [-0.4, -0.2) is 10.9 Å². The first kappa shape index (κ1) is 12.9. The Balaban J connectivity index is 2.04. The molecule has 0 aliphatic heterocycles. The number of halogens is 2. The Bertz CT molecular complexity index is 558. The van der Waals surface area contributed by atoms with Gasteiger partial charge < -0.3 is 5.32 Å². The molecule has 92 valence electrons. The van der Waals surface area contributed by atoms with Gasteiger partial charge in [0, 0.05) is 24.0 Å². The average molecular weight is 281 g/mol. The minimum Gasteiger partial charge on any atom is -0.348 e. The highest BCUT2D eigenvalue weighted by atomic mass is 35.5. The summed E-state index contributed by atoms with van der Waals surface area (Å²) in [5.41, 5.74) is 1.33. The van der Waals surface area contributed by atoms with E-state index < -0.39 is 0 Å². The molecule has 0 saturated carbocycles. The minimum absolute atomic E-state index is 0.236. The lowest BCUT2D eigenvalue weighted by atomic mass is 10.2. The van der Waals surface area contributed by atoms with Crippen molar-refractivity contribution >= 4 is 29.1 Å². The lowest BCUT2D eigenvalue weighted by molar-refractivity contribution is 0.0951. The summed E-state index contributed by atoms with van der Waals surface area (Å²) in [7, 11) is 0. The Morgan fingerprint density at radius 3 is 2.78 bits per heavy atom. The molecule has 0 unspecified atom stereocenters. The summed E-state index contributed by atoms with van der Waals surface area (Å²) >= 11 is 11.7. The van der Waals surface area contributed by atoms with Crippen LogP contribution in [0.4, 0.5) is 0 Å².